The third-order valence-electron chi connectivity index (χ3n) is 4.73. The molecule has 0 aliphatic carbocycles. The maximum absolute atomic E-state index is 13.5. The van der Waals surface area contributed by atoms with Gasteiger partial charge in [0.2, 0.25) is 0 Å². The summed E-state index contributed by atoms with van der Waals surface area (Å²) in [5.74, 6) is -2.74. The maximum Gasteiger partial charge on any atom is 0.255 e. The second kappa shape index (κ2) is 8.65. The molecule has 6 heteroatoms. The highest BCUT2D eigenvalue weighted by atomic mass is 19.2. The van der Waals surface area contributed by atoms with E-state index in [1.807, 2.05) is 19.1 Å². The highest BCUT2D eigenvalue weighted by Crippen LogP contribution is 2.24. The molecule has 0 spiro atoms. The minimum atomic E-state index is -1.07. The van der Waals surface area contributed by atoms with Crippen LogP contribution >= 0.6 is 0 Å². The van der Waals surface area contributed by atoms with E-state index >= 15 is 0 Å². The van der Waals surface area contributed by atoms with Crippen molar-refractivity contribution in [1.82, 2.24) is 4.90 Å². The average molecular weight is 394 g/mol. The molecule has 3 aromatic rings. The standard InChI is InChI=1S/C23H20F2N2O2/c1-15(27(2)23(29)18-11-12-20(24)21(25)14-18)17-9-6-10-19(13-17)26-22(28)16-7-4-3-5-8-16/h3-15H,1-2H3,(H,26,28). The zero-order valence-electron chi connectivity index (χ0n) is 16.0. The van der Waals surface area contributed by atoms with E-state index in [-0.39, 0.29) is 17.5 Å². The molecule has 148 valence electrons. The minimum absolute atomic E-state index is 0.0618. The molecule has 0 fully saturated rings. The molecule has 0 aliphatic heterocycles. The maximum atomic E-state index is 13.5. The van der Waals surface area contributed by atoms with Crippen molar-refractivity contribution in [2.45, 2.75) is 13.0 Å². The van der Waals surface area contributed by atoms with Crippen molar-refractivity contribution in [2.75, 3.05) is 12.4 Å². The zero-order chi connectivity index (χ0) is 21.0. The van der Waals surface area contributed by atoms with Crippen LogP contribution in [0.25, 0.3) is 0 Å². The van der Waals surface area contributed by atoms with Gasteiger partial charge in [0.05, 0.1) is 6.04 Å². The van der Waals surface area contributed by atoms with Crippen LogP contribution in [0.2, 0.25) is 0 Å². The van der Waals surface area contributed by atoms with E-state index in [4.69, 9.17) is 0 Å². The highest BCUT2D eigenvalue weighted by molar-refractivity contribution is 6.04. The lowest BCUT2D eigenvalue weighted by Gasteiger charge is -2.26. The van der Waals surface area contributed by atoms with Crippen LogP contribution in [0.5, 0.6) is 0 Å². The van der Waals surface area contributed by atoms with Crippen molar-refractivity contribution in [2.24, 2.45) is 0 Å². The van der Waals surface area contributed by atoms with Crippen LogP contribution < -0.4 is 5.32 Å². The van der Waals surface area contributed by atoms with Gasteiger partial charge in [-0.15, -0.1) is 0 Å². The summed E-state index contributed by atoms with van der Waals surface area (Å²) in [5.41, 5.74) is 1.98. The first-order valence-electron chi connectivity index (χ1n) is 9.05. The van der Waals surface area contributed by atoms with Crippen LogP contribution in [0.15, 0.2) is 72.8 Å². The fraction of sp³-hybridized carbons (Fsp3) is 0.130. The first kappa shape index (κ1) is 20.2. The van der Waals surface area contributed by atoms with Gasteiger partial charge in [-0.05, 0) is 55.0 Å². The zero-order valence-corrected chi connectivity index (χ0v) is 16.0. The van der Waals surface area contributed by atoms with Gasteiger partial charge in [0.25, 0.3) is 11.8 Å². The van der Waals surface area contributed by atoms with Crippen molar-refractivity contribution in [3.63, 3.8) is 0 Å². The molecule has 0 aromatic heterocycles. The van der Waals surface area contributed by atoms with E-state index < -0.39 is 17.5 Å². The number of hydrogen-bond acceptors (Lipinski definition) is 2. The topological polar surface area (TPSA) is 49.4 Å². The first-order chi connectivity index (χ1) is 13.9. The minimum Gasteiger partial charge on any atom is -0.335 e. The number of anilines is 1. The monoisotopic (exact) mass is 394 g/mol. The predicted molar refractivity (Wildman–Crippen MR) is 108 cm³/mol. The molecule has 3 aromatic carbocycles. The normalized spacial score (nSPS) is 11.6. The molecule has 0 radical (unpaired) electrons. The number of amides is 2. The van der Waals surface area contributed by atoms with Gasteiger partial charge >= 0.3 is 0 Å². The summed E-state index contributed by atoms with van der Waals surface area (Å²) in [6.07, 6.45) is 0. The third-order valence-corrected chi connectivity index (χ3v) is 4.73. The van der Waals surface area contributed by atoms with E-state index in [2.05, 4.69) is 5.32 Å². The Morgan fingerprint density at radius 2 is 1.59 bits per heavy atom. The Balaban J connectivity index is 1.75. The molecule has 29 heavy (non-hydrogen) atoms. The fourth-order valence-corrected chi connectivity index (χ4v) is 2.90. The van der Waals surface area contributed by atoms with Crippen molar-refractivity contribution in [3.05, 3.63) is 101 Å². The molecular formula is C23H20F2N2O2. The molecule has 2 amide bonds. The Labute approximate surface area is 167 Å². The van der Waals surface area contributed by atoms with E-state index in [9.17, 15) is 18.4 Å². The summed E-state index contributed by atoms with van der Waals surface area (Å²) < 4.78 is 26.6. The first-order valence-corrected chi connectivity index (χ1v) is 9.05. The van der Waals surface area contributed by atoms with Gasteiger partial charge < -0.3 is 10.2 Å². The molecule has 0 saturated heterocycles. The Morgan fingerprint density at radius 3 is 2.28 bits per heavy atom. The Hall–Kier alpha value is -3.54. The number of nitrogens with one attached hydrogen (secondary N) is 1. The Bertz CT molecular complexity index is 1040. The summed E-state index contributed by atoms with van der Waals surface area (Å²) in [4.78, 5) is 26.4. The number of rotatable bonds is 5. The number of carbonyl (C=O) groups is 2. The summed E-state index contributed by atoms with van der Waals surface area (Å²) in [6, 6.07) is 18.7. The summed E-state index contributed by atoms with van der Waals surface area (Å²) >= 11 is 0. The SMILES string of the molecule is CC(c1cccc(NC(=O)c2ccccc2)c1)N(C)C(=O)c1ccc(F)c(F)c1. The van der Waals surface area contributed by atoms with Gasteiger partial charge in [0, 0.05) is 23.9 Å². The van der Waals surface area contributed by atoms with Crippen molar-refractivity contribution < 1.29 is 18.4 Å². The van der Waals surface area contributed by atoms with Gasteiger partial charge in [-0.1, -0.05) is 30.3 Å². The van der Waals surface area contributed by atoms with E-state index in [0.717, 1.165) is 17.7 Å². The lowest BCUT2D eigenvalue weighted by atomic mass is 10.0. The molecule has 0 aliphatic rings. The molecule has 4 nitrogen and oxygen atoms in total. The van der Waals surface area contributed by atoms with Crippen LogP contribution in [-0.4, -0.2) is 23.8 Å². The molecule has 0 heterocycles. The van der Waals surface area contributed by atoms with Crippen LogP contribution in [0.1, 0.15) is 39.2 Å². The summed E-state index contributed by atoms with van der Waals surface area (Å²) in [7, 11) is 1.59. The number of benzene rings is 3. The number of halogens is 2. The van der Waals surface area contributed by atoms with Crippen LogP contribution in [-0.2, 0) is 0 Å². The Morgan fingerprint density at radius 1 is 0.862 bits per heavy atom. The van der Waals surface area contributed by atoms with Crippen molar-refractivity contribution >= 4 is 17.5 Å². The lowest BCUT2D eigenvalue weighted by molar-refractivity contribution is 0.0741. The van der Waals surface area contributed by atoms with Crippen LogP contribution in [0.4, 0.5) is 14.5 Å². The molecule has 1 N–H and O–H groups in total. The predicted octanol–water partition coefficient (Wildman–Crippen LogP) is 5.05. The molecule has 0 saturated carbocycles. The molecule has 0 bridgehead atoms. The number of carbonyl (C=O) groups excluding carboxylic acids is 2. The van der Waals surface area contributed by atoms with E-state index in [1.165, 1.54) is 11.0 Å². The van der Waals surface area contributed by atoms with E-state index in [0.29, 0.717) is 11.3 Å². The number of hydrogen-bond donors (Lipinski definition) is 1. The quantitative estimate of drug-likeness (QED) is 0.658. The molecular weight excluding hydrogens is 374 g/mol. The van der Waals surface area contributed by atoms with Crippen LogP contribution in [0.3, 0.4) is 0 Å². The van der Waals surface area contributed by atoms with Gasteiger partial charge in [-0.2, -0.15) is 0 Å². The van der Waals surface area contributed by atoms with Gasteiger partial charge in [-0.3, -0.25) is 9.59 Å². The largest absolute Gasteiger partial charge is 0.335 e. The second-order valence-electron chi connectivity index (χ2n) is 6.67. The van der Waals surface area contributed by atoms with E-state index in [1.54, 1.807) is 49.5 Å². The average Bonchev–Trinajstić information content (AvgIpc) is 2.75. The highest BCUT2D eigenvalue weighted by Gasteiger charge is 2.20. The van der Waals surface area contributed by atoms with Crippen molar-refractivity contribution in [3.8, 4) is 0 Å². The third kappa shape index (κ3) is 4.66. The van der Waals surface area contributed by atoms with Gasteiger partial charge in [0.15, 0.2) is 11.6 Å². The molecule has 1 unspecified atom stereocenters. The summed E-state index contributed by atoms with van der Waals surface area (Å²) in [6.45, 7) is 1.82. The Kier molecular flexibility index (Phi) is 6.02. The lowest BCUT2D eigenvalue weighted by Crippen LogP contribution is -2.29. The fourth-order valence-electron chi connectivity index (χ4n) is 2.90. The smallest absolute Gasteiger partial charge is 0.255 e. The van der Waals surface area contributed by atoms with Gasteiger partial charge in [-0.25, -0.2) is 8.78 Å². The van der Waals surface area contributed by atoms with Crippen LogP contribution in [0, 0.1) is 11.6 Å². The van der Waals surface area contributed by atoms with Gasteiger partial charge in [0.1, 0.15) is 0 Å². The molecule has 3 rings (SSSR count). The van der Waals surface area contributed by atoms with Crippen molar-refractivity contribution in [1.29, 1.82) is 0 Å². The second-order valence-corrected chi connectivity index (χ2v) is 6.67. The molecule has 1 atom stereocenters. The summed E-state index contributed by atoms with van der Waals surface area (Å²) in [5, 5.41) is 2.83. The number of nitrogens with zero attached hydrogens (tertiary/aromatic N) is 1.